The monoisotopic (exact) mass is 290 g/mol. The summed E-state index contributed by atoms with van der Waals surface area (Å²) in [4.78, 5) is 2.42. The van der Waals surface area contributed by atoms with Crippen LogP contribution in [-0.4, -0.2) is 44.3 Å². The Morgan fingerprint density at radius 1 is 1.43 bits per heavy atom. The summed E-state index contributed by atoms with van der Waals surface area (Å²) < 4.78 is 2.12. The molecule has 1 atom stereocenters. The van der Waals surface area contributed by atoms with Gasteiger partial charge in [0.1, 0.15) is 17.7 Å². The Bertz CT molecular complexity index is 489. The highest BCUT2D eigenvalue weighted by atomic mass is 15.3. The first kappa shape index (κ1) is 15.9. The average Bonchev–Trinajstić information content (AvgIpc) is 2.90. The van der Waals surface area contributed by atoms with Gasteiger partial charge < -0.3 is 4.57 Å². The highest BCUT2D eigenvalue weighted by Gasteiger charge is 2.24. The standard InChI is InChI=1S/C15H26N6/c1-13(2)18-15(3,11-16)6-4-5-7-20-8-9-21-12-17-19-14(21)10-20/h12-13,18H,4-10H2,1-3H3. The molecule has 21 heavy (non-hydrogen) atoms. The largest absolute Gasteiger partial charge is 0.315 e. The normalized spacial score (nSPS) is 18.2. The maximum atomic E-state index is 9.33. The van der Waals surface area contributed by atoms with Gasteiger partial charge >= 0.3 is 0 Å². The molecule has 6 heteroatoms. The van der Waals surface area contributed by atoms with Crippen molar-refractivity contribution in [2.75, 3.05) is 13.1 Å². The van der Waals surface area contributed by atoms with Crippen LogP contribution in [0.4, 0.5) is 0 Å². The molecule has 1 aromatic rings. The summed E-state index contributed by atoms with van der Waals surface area (Å²) in [6.45, 7) is 10.2. The Labute approximate surface area is 127 Å². The van der Waals surface area contributed by atoms with Gasteiger partial charge in [0.2, 0.25) is 0 Å². The zero-order valence-electron chi connectivity index (χ0n) is 13.3. The summed E-state index contributed by atoms with van der Waals surface area (Å²) in [7, 11) is 0. The highest BCUT2D eigenvalue weighted by molar-refractivity contribution is 5.04. The fraction of sp³-hybridized carbons (Fsp3) is 0.800. The Morgan fingerprint density at radius 3 is 2.95 bits per heavy atom. The molecule has 0 saturated carbocycles. The Balaban J connectivity index is 1.70. The van der Waals surface area contributed by atoms with Crippen LogP contribution in [0.1, 0.15) is 45.9 Å². The molecule has 116 valence electrons. The molecule has 1 N–H and O–H groups in total. The minimum Gasteiger partial charge on any atom is -0.315 e. The van der Waals surface area contributed by atoms with E-state index in [1.807, 2.05) is 13.3 Å². The molecule has 1 unspecified atom stereocenters. The lowest BCUT2D eigenvalue weighted by Crippen LogP contribution is -2.45. The van der Waals surface area contributed by atoms with Crippen molar-refractivity contribution in [3.63, 3.8) is 0 Å². The van der Waals surface area contributed by atoms with Gasteiger partial charge in [-0.05, 0) is 46.6 Å². The lowest BCUT2D eigenvalue weighted by Gasteiger charge is -2.28. The predicted octanol–water partition coefficient (Wildman–Crippen LogP) is 1.54. The van der Waals surface area contributed by atoms with E-state index < -0.39 is 5.54 Å². The number of fused-ring (bicyclic) bond motifs is 1. The molecule has 2 rings (SSSR count). The van der Waals surface area contributed by atoms with Gasteiger partial charge in [0.15, 0.2) is 0 Å². The minimum atomic E-state index is -0.407. The van der Waals surface area contributed by atoms with Crippen molar-refractivity contribution in [1.82, 2.24) is 25.0 Å². The third-order valence-electron chi connectivity index (χ3n) is 3.97. The van der Waals surface area contributed by atoms with Gasteiger partial charge in [0, 0.05) is 19.1 Å². The molecular weight excluding hydrogens is 264 g/mol. The van der Waals surface area contributed by atoms with Crippen LogP contribution in [0.5, 0.6) is 0 Å². The second-order valence-corrected chi connectivity index (χ2v) is 6.42. The van der Waals surface area contributed by atoms with Crippen molar-refractivity contribution in [1.29, 1.82) is 5.26 Å². The zero-order chi connectivity index (χ0) is 15.3. The lowest BCUT2D eigenvalue weighted by atomic mass is 9.95. The number of nitrogens with zero attached hydrogens (tertiary/aromatic N) is 5. The van der Waals surface area contributed by atoms with Gasteiger partial charge in [0.05, 0.1) is 12.6 Å². The number of nitrogens with one attached hydrogen (secondary N) is 1. The van der Waals surface area contributed by atoms with E-state index in [1.54, 1.807) is 0 Å². The molecule has 0 saturated heterocycles. The summed E-state index contributed by atoms with van der Waals surface area (Å²) in [5.41, 5.74) is -0.407. The molecule has 0 bridgehead atoms. The van der Waals surface area contributed by atoms with Crippen LogP contribution < -0.4 is 5.32 Å². The van der Waals surface area contributed by atoms with Gasteiger partial charge in [-0.2, -0.15) is 5.26 Å². The molecule has 1 aliphatic heterocycles. The summed E-state index contributed by atoms with van der Waals surface area (Å²) in [5.74, 6) is 1.06. The number of hydrogen-bond acceptors (Lipinski definition) is 5. The summed E-state index contributed by atoms with van der Waals surface area (Å²) in [5, 5.41) is 20.8. The highest BCUT2D eigenvalue weighted by Crippen LogP contribution is 2.15. The van der Waals surface area contributed by atoms with E-state index in [0.717, 1.165) is 51.3 Å². The van der Waals surface area contributed by atoms with E-state index in [-0.39, 0.29) is 0 Å². The molecule has 2 heterocycles. The Hall–Kier alpha value is -1.45. The second kappa shape index (κ2) is 7.01. The molecule has 0 radical (unpaired) electrons. The van der Waals surface area contributed by atoms with E-state index in [2.05, 4.69) is 44.9 Å². The van der Waals surface area contributed by atoms with Crippen LogP contribution in [0.3, 0.4) is 0 Å². The van der Waals surface area contributed by atoms with Gasteiger partial charge in [-0.1, -0.05) is 0 Å². The summed E-state index contributed by atoms with van der Waals surface area (Å²) in [6, 6.07) is 2.75. The van der Waals surface area contributed by atoms with Crippen LogP contribution in [0.15, 0.2) is 6.33 Å². The van der Waals surface area contributed by atoms with E-state index in [1.165, 1.54) is 0 Å². The number of unbranched alkanes of at least 4 members (excludes halogenated alkanes) is 1. The molecule has 0 fully saturated rings. The van der Waals surface area contributed by atoms with Crippen molar-refractivity contribution in [3.05, 3.63) is 12.2 Å². The van der Waals surface area contributed by atoms with E-state index in [9.17, 15) is 5.26 Å². The topological polar surface area (TPSA) is 69.8 Å². The van der Waals surface area contributed by atoms with E-state index in [4.69, 9.17) is 0 Å². The predicted molar refractivity (Wildman–Crippen MR) is 81.4 cm³/mol. The van der Waals surface area contributed by atoms with Crippen LogP contribution in [0.25, 0.3) is 0 Å². The van der Waals surface area contributed by atoms with Gasteiger partial charge in [-0.3, -0.25) is 10.2 Å². The molecule has 0 spiro atoms. The number of hydrogen-bond donors (Lipinski definition) is 1. The van der Waals surface area contributed by atoms with Crippen LogP contribution in [0, 0.1) is 11.3 Å². The SMILES string of the molecule is CC(C)NC(C)(C#N)CCCCN1CCn2cnnc2C1. The fourth-order valence-electron chi connectivity index (χ4n) is 2.92. The first-order valence-corrected chi connectivity index (χ1v) is 7.80. The number of aromatic nitrogens is 3. The third kappa shape index (κ3) is 4.51. The van der Waals surface area contributed by atoms with Crippen molar-refractivity contribution in [2.45, 2.75) is 64.7 Å². The molecule has 1 aromatic heterocycles. The van der Waals surface area contributed by atoms with Gasteiger partial charge in [-0.15, -0.1) is 10.2 Å². The molecule has 0 aromatic carbocycles. The van der Waals surface area contributed by atoms with Crippen molar-refractivity contribution < 1.29 is 0 Å². The Kier molecular flexibility index (Phi) is 5.32. The smallest absolute Gasteiger partial charge is 0.147 e. The average molecular weight is 290 g/mol. The van der Waals surface area contributed by atoms with Crippen LogP contribution in [0.2, 0.25) is 0 Å². The molecule has 1 aliphatic rings. The Morgan fingerprint density at radius 2 is 2.24 bits per heavy atom. The van der Waals surface area contributed by atoms with Crippen molar-refractivity contribution in [3.8, 4) is 6.07 Å². The molecular formula is C15H26N6. The maximum absolute atomic E-state index is 9.33. The third-order valence-corrected chi connectivity index (χ3v) is 3.97. The second-order valence-electron chi connectivity index (χ2n) is 6.42. The van der Waals surface area contributed by atoms with E-state index in [0.29, 0.717) is 6.04 Å². The summed E-state index contributed by atoms with van der Waals surface area (Å²) >= 11 is 0. The number of nitriles is 1. The van der Waals surface area contributed by atoms with Gasteiger partial charge in [0.25, 0.3) is 0 Å². The van der Waals surface area contributed by atoms with Crippen molar-refractivity contribution in [2.24, 2.45) is 0 Å². The van der Waals surface area contributed by atoms with Crippen LogP contribution in [-0.2, 0) is 13.1 Å². The minimum absolute atomic E-state index is 0.336. The molecule has 6 nitrogen and oxygen atoms in total. The first-order valence-electron chi connectivity index (χ1n) is 7.80. The lowest BCUT2D eigenvalue weighted by molar-refractivity contribution is 0.210. The molecule has 0 aliphatic carbocycles. The maximum Gasteiger partial charge on any atom is 0.147 e. The van der Waals surface area contributed by atoms with E-state index >= 15 is 0 Å². The van der Waals surface area contributed by atoms with Crippen molar-refractivity contribution >= 4 is 0 Å². The quantitative estimate of drug-likeness (QED) is 0.771. The van der Waals surface area contributed by atoms with Crippen LogP contribution >= 0.6 is 0 Å². The fourth-order valence-corrected chi connectivity index (χ4v) is 2.92. The first-order chi connectivity index (χ1) is 10.0. The number of rotatable bonds is 7. The van der Waals surface area contributed by atoms with Gasteiger partial charge in [-0.25, -0.2) is 0 Å². The molecule has 0 amide bonds. The summed E-state index contributed by atoms with van der Waals surface area (Å²) in [6.07, 6.45) is 4.88. The zero-order valence-corrected chi connectivity index (χ0v) is 13.3.